The van der Waals surface area contributed by atoms with Crippen molar-refractivity contribution in [3.63, 3.8) is 0 Å². The van der Waals surface area contributed by atoms with Gasteiger partial charge in [0.1, 0.15) is 0 Å². The second-order valence-corrected chi connectivity index (χ2v) is 3.77. The summed E-state index contributed by atoms with van der Waals surface area (Å²) in [5.41, 5.74) is 0. The smallest absolute Gasteiger partial charge is 0.321 e. The second kappa shape index (κ2) is 7.92. The van der Waals surface area contributed by atoms with E-state index in [4.69, 9.17) is 11.6 Å². The van der Waals surface area contributed by atoms with Gasteiger partial charge >= 0.3 is 6.03 Å². The van der Waals surface area contributed by atoms with E-state index >= 15 is 0 Å². The zero-order valence-electron chi connectivity index (χ0n) is 9.30. The number of nitrogens with one attached hydrogen (secondary N) is 3. The summed E-state index contributed by atoms with van der Waals surface area (Å²) < 4.78 is 0. The summed E-state index contributed by atoms with van der Waals surface area (Å²) in [6.45, 7) is 3.45. The molecule has 0 aliphatic rings. The number of hydrogen-bond donors (Lipinski definition) is 3. The predicted octanol–water partition coefficient (Wildman–Crippen LogP) is -0.0343. The molecule has 0 aromatic carbocycles. The Bertz CT molecular complexity index is 269. The summed E-state index contributed by atoms with van der Waals surface area (Å²) in [4.78, 5) is 33.1. The number of amides is 4. The fraction of sp³-hybridized carbons (Fsp3) is 0.667. The molecule has 0 aliphatic carbocycles. The van der Waals surface area contributed by atoms with Gasteiger partial charge in [-0.1, -0.05) is 0 Å². The Kier molecular flexibility index (Phi) is 7.28. The number of carbonyl (C=O) groups excluding carboxylic acids is 3. The maximum atomic E-state index is 11.1. The van der Waals surface area contributed by atoms with Crippen LogP contribution in [0.15, 0.2) is 0 Å². The maximum Gasteiger partial charge on any atom is 0.321 e. The van der Waals surface area contributed by atoms with Crippen molar-refractivity contribution >= 4 is 29.4 Å². The van der Waals surface area contributed by atoms with Gasteiger partial charge in [0.15, 0.2) is 0 Å². The lowest BCUT2D eigenvalue weighted by Gasteiger charge is -2.09. The Labute approximate surface area is 99.1 Å². The first-order valence-corrected chi connectivity index (χ1v) is 5.42. The lowest BCUT2D eigenvalue weighted by molar-refractivity contribution is -0.121. The molecule has 92 valence electrons. The molecule has 7 heteroatoms. The number of halogens is 1. The molecule has 0 aromatic heterocycles. The third-order valence-corrected chi connectivity index (χ3v) is 1.62. The number of carbonyl (C=O) groups is 3. The highest BCUT2D eigenvalue weighted by molar-refractivity contribution is 6.19. The minimum Gasteiger partial charge on any atom is -0.352 e. The molecule has 0 spiro atoms. The molecule has 0 atom stereocenters. The molecule has 16 heavy (non-hydrogen) atoms. The highest BCUT2D eigenvalue weighted by Gasteiger charge is 2.08. The van der Waals surface area contributed by atoms with Crippen LogP contribution < -0.4 is 16.0 Å². The van der Waals surface area contributed by atoms with Gasteiger partial charge in [0, 0.05) is 18.3 Å². The number of alkyl halides is 1. The lowest BCUT2D eigenvalue weighted by atomic mass is 10.4. The van der Waals surface area contributed by atoms with E-state index in [9.17, 15) is 14.4 Å². The summed E-state index contributed by atoms with van der Waals surface area (Å²) >= 11 is 5.31. The van der Waals surface area contributed by atoms with Crippen LogP contribution in [0.25, 0.3) is 0 Å². The van der Waals surface area contributed by atoms with Gasteiger partial charge in [-0.2, -0.15) is 0 Å². The molecular formula is C9H16ClN3O3. The van der Waals surface area contributed by atoms with Crippen LogP contribution in [-0.2, 0) is 9.59 Å². The maximum absolute atomic E-state index is 11.1. The normalized spacial score (nSPS) is 9.75. The molecule has 3 N–H and O–H groups in total. The molecule has 0 bridgehead atoms. The Morgan fingerprint density at radius 2 is 1.81 bits per heavy atom. The molecule has 4 amide bonds. The van der Waals surface area contributed by atoms with Gasteiger partial charge in [-0.05, 0) is 13.8 Å². The van der Waals surface area contributed by atoms with Gasteiger partial charge in [0.2, 0.25) is 11.8 Å². The van der Waals surface area contributed by atoms with Crippen molar-refractivity contribution in [3.05, 3.63) is 0 Å². The van der Waals surface area contributed by atoms with Gasteiger partial charge in [0.05, 0.1) is 6.54 Å². The van der Waals surface area contributed by atoms with Crippen molar-refractivity contribution in [2.75, 3.05) is 12.4 Å². The van der Waals surface area contributed by atoms with Gasteiger partial charge in [-0.25, -0.2) is 4.79 Å². The molecule has 0 unspecified atom stereocenters. The fourth-order valence-corrected chi connectivity index (χ4v) is 1.02. The van der Waals surface area contributed by atoms with Gasteiger partial charge < -0.3 is 10.6 Å². The van der Waals surface area contributed by atoms with E-state index < -0.39 is 11.9 Å². The van der Waals surface area contributed by atoms with E-state index in [2.05, 4.69) is 10.6 Å². The van der Waals surface area contributed by atoms with Gasteiger partial charge in [-0.3, -0.25) is 14.9 Å². The van der Waals surface area contributed by atoms with Crippen LogP contribution in [0.3, 0.4) is 0 Å². The number of hydrogen-bond acceptors (Lipinski definition) is 3. The lowest BCUT2D eigenvalue weighted by Crippen LogP contribution is -2.45. The van der Waals surface area contributed by atoms with E-state index in [0.29, 0.717) is 0 Å². The quantitative estimate of drug-likeness (QED) is 0.598. The molecule has 0 heterocycles. The molecule has 0 saturated carbocycles. The van der Waals surface area contributed by atoms with Crippen LogP contribution in [0.4, 0.5) is 4.79 Å². The van der Waals surface area contributed by atoms with Crippen molar-refractivity contribution in [2.45, 2.75) is 26.3 Å². The molecule has 0 saturated heterocycles. The zero-order valence-corrected chi connectivity index (χ0v) is 10.1. The Hall–Kier alpha value is -1.30. The van der Waals surface area contributed by atoms with Crippen LogP contribution >= 0.6 is 11.6 Å². The number of urea groups is 1. The predicted molar refractivity (Wildman–Crippen MR) is 60.2 cm³/mol. The van der Waals surface area contributed by atoms with Crippen molar-refractivity contribution in [3.8, 4) is 0 Å². The summed E-state index contributed by atoms with van der Waals surface area (Å²) in [6.07, 6.45) is 0.0627. The largest absolute Gasteiger partial charge is 0.352 e. The van der Waals surface area contributed by atoms with E-state index in [1.54, 1.807) is 0 Å². The minimum atomic E-state index is -0.700. The van der Waals surface area contributed by atoms with E-state index in [-0.39, 0.29) is 30.8 Å². The van der Waals surface area contributed by atoms with E-state index in [0.717, 1.165) is 0 Å². The topological polar surface area (TPSA) is 87.3 Å². The Morgan fingerprint density at radius 1 is 1.19 bits per heavy atom. The summed E-state index contributed by atoms with van der Waals surface area (Å²) in [7, 11) is 0. The first kappa shape index (κ1) is 14.7. The fourth-order valence-electron chi connectivity index (χ4n) is 0.853. The molecule has 0 rings (SSSR count). The van der Waals surface area contributed by atoms with Crippen molar-refractivity contribution in [1.82, 2.24) is 16.0 Å². The monoisotopic (exact) mass is 249 g/mol. The minimum absolute atomic E-state index is 0.00948. The first-order chi connectivity index (χ1) is 7.45. The van der Waals surface area contributed by atoms with Crippen molar-refractivity contribution in [1.29, 1.82) is 0 Å². The molecule has 6 nitrogen and oxygen atoms in total. The molecule has 0 aromatic rings. The van der Waals surface area contributed by atoms with Gasteiger partial charge in [-0.15, -0.1) is 11.6 Å². The van der Waals surface area contributed by atoms with E-state index in [1.807, 2.05) is 19.2 Å². The van der Waals surface area contributed by atoms with Crippen LogP contribution in [-0.4, -0.2) is 36.3 Å². The molecule has 0 radical (unpaired) electrons. The van der Waals surface area contributed by atoms with Crippen molar-refractivity contribution in [2.24, 2.45) is 0 Å². The Balaban J connectivity index is 3.73. The second-order valence-electron chi connectivity index (χ2n) is 3.39. The van der Waals surface area contributed by atoms with Crippen molar-refractivity contribution < 1.29 is 14.4 Å². The zero-order chi connectivity index (χ0) is 12.6. The van der Waals surface area contributed by atoms with E-state index in [1.165, 1.54) is 0 Å². The van der Waals surface area contributed by atoms with Crippen LogP contribution in [0.1, 0.15) is 20.3 Å². The SMILES string of the molecule is CC(C)NC(=O)CNC(=O)NC(=O)CCCl. The third kappa shape index (κ3) is 8.05. The summed E-state index contributed by atoms with van der Waals surface area (Å²) in [5.74, 6) is -0.640. The molecule has 0 aliphatic heterocycles. The standard InChI is InChI=1S/C9H16ClN3O3/c1-6(2)12-8(15)5-11-9(16)13-7(14)3-4-10/h6H,3-5H2,1-2H3,(H,12,15)(H2,11,13,14,16). The summed E-state index contributed by atoms with van der Waals surface area (Å²) in [6, 6.07) is -0.690. The average Bonchev–Trinajstić information content (AvgIpc) is 2.14. The highest BCUT2D eigenvalue weighted by atomic mass is 35.5. The highest BCUT2D eigenvalue weighted by Crippen LogP contribution is 1.83. The Morgan fingerprint density at radius 3 is 2.31 bits per heavy atom. The first-order valence-electron chi connectivity index (χ1n) is 4.88. The van der Waals surface area contributed by atoms with Crippen LogP contribution in [0, 0.1) is 0 Å². The number of imide groups is 1. The van der Waals surface area contributed by atoms with Crippen LogP contribution in [0.5, 0.6) is 0 Å². The molecule has 0 fully saturated rings. The van der Waals surface area contributed by atoms with Gasteiger partial charge in [0.25, 0.3) is 0 Å². The average molecular weight is 250 g/mol. The number of rotatable bonds is 5. The summed E-state index contributed by atoms with van der Waals surface area (Å²) in [5, 5.41) is 6.88. The molecular weight excluding hydrogens is 234 g/mol. The van der Waals surface area contributed by atoms with Crippen LogP contribution in [0.2, 0.25) is 0 Å². The third-order valence-electron chi connectivity index (χ3n) is 1.43.